The van der Waals surface area contributed by atoms with Crippen molar-refractivity contribution in [2.45, 2.75) is 57.9 Å². The third-order valence-electron chi connectivity index (χ3n) is 5.45. The molecule has 0 unspecified atom stereocenters. The van der Waals surface area contributed by atoms with Crippen molar-refractivity contribution >= 4 is 17.7 Å². The van der Waals surface area contributed by atoms with Gasteiger partial charge in [-0.25, -0.2) is 0 Å². The zero-order chi connectivity index (χ0) is 20.6. The SMILES string of the molecule is C[C@H]1CCCC[C@@H]1NC(=O)COC(=O)CCC(=O)c1ccc2c(c1)OCCCO2. The molecule has 0 bridgehead atoms. The minimum Gasteiger partial charge on any atom is -0.490 e. The summed E-state index contributed by atoms with van der Waals surface area (Å²) < 4.78 is 16.2. The molecule has 1 aliphatic heterocycles. The van der Waals surface area contributed by atoms with Crippen LogP contribution in [-0.4, -0.2) is 43.5 Å². The Morgan fingerprint density at radius 3 is 2.59 bits per heavy atom. The molecule has 1 amide bonds. The first-order valence-electron chi connectivity index (χ1n) is 10.4. The zero-order valence-electron chi connectivity index (χ0n) is 16.9. The summed E-state index contributed by atoms with van der Waals surface area (Å²) >= 11 is 0. The molecule has 7 nitrogen and oxygen atoms in total. The van der Waals surface area contributed by atoms with Crippen LogP contribution in [-0.2, 0) is 14.3 Å². The lowest BCUT2D eigenvalue weighted by molar-refractivity contribution is -0.148. The number of carbonyl (C=O) groups is 3. The van der Waals surface area contributed by atoms with Crippen LogP contribution in [0.15, 0.2) is 18.2 Å². The molecule has 1 N–H and O–H groups in total. The second kappa shape index (κ2) is 10.3. The van der Waals surface area contributed by atoms with Gasteiger partial charge in [0.25, 0.3) is 5.91 Å². The second-order valence-corrected chi connectivity index (χ2v) is 7.73. The van der Waals surface area contributed by atoms with Crippen LogP contribution in [0.5, 0.6) is 11.5 Å². The molecule has 0 spiro atoms. The van der Waals surface area contributed by atoms with Gasteiger partial charge in [-0.3, -0.25) is 14.4 Å². The fraction of sp³-hybridized carbons (Fsp3) is 0.591. The number of amides is 1. The van der Waals surface area contributed by atoms with Gasteiger partial charge in [-0.1, -0.05) is 19.8 Å². The number of carbonyl (C=O) groups excluding carboxylic acids is 3. The number of hydrogen-bond acceptors (Lipinski definition) is 6. The van der Waals surface area contributed by atoms with Crippen LogP contribution in [0.1, 0.15) is 62.2 Å². The summed E-state index contributed by atoms with van der Waals surface area (Å²) in [7, 11) is 0. The van der Waals surface area contributed by atoms with E-state index in [9.17, 15) is 14.4 Å². The highest BCUT2D eigenvalue weighted by Crippen LogP contribution is 2.31. The highest BCUT2D eigenvalue weighted by molar-refractivity contribution is 5.98. The first kappa shape index (κ1) is 21.1. The summed E-state index contributed by atoms with van der Waals surface area (Å²) in [6.07, 6.45) is 5.10. The fourth-order valence-electron chi connectivity index (χ4n) is 3.69. The third-order valence-corrected chi connectivity index (χ3v) is 5.45. The summed E-state index contributed by atoms with van der Waals surface area (Å²) in [5, 5.41) is 2.94. The summed E-state index contributed by atoms with van der Waals surface area (Å²) in [6, 6.07) is 5.17. The molecule has 2 aliphatic rings. The Hall–Kier alpha value is -2.57. The Labute approximate surface area is 171 Å². The van der Waals surface area contributed by atoms with Crippen molar-refractivity contribution < 1.29 is 28.6 Å². The van der Waals surface area contributed by atoms with Crippen LogP contribution in [0.25, 0.3) is 0 Å². The van der Waals surface area contributed by atoms with Crippen molar-refractivity contribution in [1.29, 1.82) is 0 Å². The summed E-state index contributed by atoms with van der Waals surface area (Å²) in [4.78, 5) is 36.3. The van der Waals surface area contributed by atoms with Crippen molar-refractivity contribution in [1.82, 2.24) is 5.32 Å². The van der Waals surface area contributed by atoms with Gasteiger partial charge in [-0.15, -0.1) is 0 Å². The quantitative estimate of drug-likeness (QED) is 0.556. The summed E-state index contributed by atoms with van der Waals surface area (Å²) in [5.41, 5.74) is 0.464. The van der Waals surface area contributed by atoms with E-state index in [0.717, 1.165) is 25.7 Å². The fourth-order valence-corrected chi connectivity index (χ4v) is 3.69. The average molecular weight is 403 g/mol. The Bertz CT molecular complexity index is 747. The molecule has 0 saturated heterocycles. The predicted molar refractivity (Wildman–Crippen MR) is 106 cm³/mol. The maximum atomic E-state index is 12.4. The van der Waals surface area contributed by atoms with Gasteiger partial charge >= 0.3 is 5.97 Å². The number of nitrogens with one attached hydrogen (secondary N) is 1. The molecule has 2 atom stereocenters. The van der Waals surface area contributed by atoms with Crippen LogP contribution < -0.4 is 14.8 Å². The molecule has 3 rings (SSSR count). The smallest absolute Gasteiger partial charge is 0.306 e. The lowest BCUT2D eigenvalue weighted by Crippen LogP contribution is -2.42. The van der Waals surface area contributed by atoms with Crippen molar-refractivity contribution in [2.75, 3.05) is 19.8 Å². The molecule has 1 aromatic carbocycles. The van der Waals surface area contributed by atoms with E-state index >= 15 is 0 Å². The van der Waals surface area contributed by atoms with E-state index in [2.05, 4.69) is 12.2 Å². The Balaban J connectivity index is 1.40. The van der Waals surface area contributed by atoms with Gasteiger partial charge in [0.2, 0.25) is 0 Å². The van der Waals surface area contributed by atoms with Crippen LogP contribution in [0.3, 0.4) is 0 Å². The second-order valence-electron chi connectivity index (χ2n) is 7.73. The van der Waals surface area contributed by atoms with E-state index in [1.807, 2.05) is 0 Å². The highest BCUT2D eigenvalue weighted by Gasteiger charge is 2.23. The lowest BCUT2D eigenvalue weighted by atomic mass is 9.86. The van der Waals surface area contributed by atoms with Crippen LogP contribution in [0.2, 0.25) is 0 Å². The Kier molecular flexibility index (Phi) is 7.49. The minimum atomic E-state index is -0.556. The van der Waals surface area contributed by atoms with Crippen molar-refractivity contribution in [2.24, 2.45) is 5.92 Å². The molecule has 0 radical (unpaired) electrons. The number of fused-ring (bicyclic) bond motifs is 1. The molecule has 1 aromatic rings. The maximum Gasteiger partial charge on any atom is 0.306 e. The molecular weight excluding hydrogens is 374 g/mol. The van der Waals surface area contributed by atoms with Gasteiger partial charge < -0.3 is 19.5 Å². The zero-order valence-corrected chi connectivity index (χ0v) is 16.9. The van der Waals surface area contributed by atoms with E-state index in [1.54, 1.807) is 18.2 Å². The van der Waals surface area contributed by atoms with E-state index < -0.39 is 5.97 Å². The number of ether oxygens (including phenoxy) is 3. The number of benzene rings is 1. The van der Waals surface area contributed by atoms with Gasteiger partial charge in [-0.05, 0) is 37.0 Å². The van der Waals surface area contributed by atoms with Crippen molar-refractivity contribution in [3.05, 3.63) is 23.8 Å². The summed E-state index contributed by atoms with van der Waals surface area (Å²) in [5.74, 6) is 0.585. The van der Waals surface area contributed by atoms with Crippen LogP contribution in [0, 0.1) is 5.92 Å². The average Bonchev–Trinajstić information content (AvgIpc) is 2.97. The maximum absolute atomic E-state index is 12.4. The Morgan fingerprint density at radius 1 is 1.03 bits per heavy atom. The molecule has 1 fully saturated rings. The van der Waals surface area contributed by atoms with E-state index in [1.165, 1.54) is 6.42 Å². The molecule has 158 valence electrons. The summed E-state index contributed by atoms with van der Waals surface area (Å²) in [6.45, 7) is 2.94. The molecule has 29 heavy (non-hydrogen) atoms. The number of ketones is 1. The molecule has 7 heteroatoms. The Morgan fingerprint density at radius 2 is 1.79 bits per heavy atom. The predicted octanol–water partition coefficient (Wildman–Crippen LogP) is 3.05. The van der Waals surface area contributed by atoms with Gasteiger partial charge in [0, 0.05) is 24.4 Å². The molecule has 0 aromatic heterocycles. The third kappa shape index (κ3) is 6.21. The molecule has 1 saturated carbocycles. The number of rotatable bonds is 7. The van der Waals surface area contributed by atoms with E-state index in [4.69, 9.17) is 14.2 Å². The largest absolute Gasteiger partial charge is 0.490 e. The number of hydrogen-bond donors (Lipinski definition) is 1. The highest BCUT2D eigenvalue weighted by atomic mass is 16.5. The molecular formula is C22H29NO6. The van der Waals surface area contributed by atoms with E-state index in [0.29, 0.717) is 36.2 Å². The van der Waals surface area contributed by atoms with Gasteiger partial charge in [0.15, 0.2) is 23.9 Å². The number of Topliss-reactive ketones (excluding diaryl/α,β-unsaturated/α-hetero) is 1. The van der Waals surface area contributed by atoms with Crippen LogP contribution in [0.4, 0.5) is 0 Å². The van der Waals surface area contributed by atoms with Crippen LogP contribution >= 0.6 is 0 Å². The first-order valence-corrected chi connectivity index (χ1v) is 10.4. The minimum absolute atomic E-state index is 0.0136. The van der Waals surface area contributed by atoms with Gasteiger partial charge in [0.05, 0.1) is 19.6 Å². The molecule has 1 heterocycles. The lowest BCUT2D eigenvalue weighted by Gasteiger charge is -2.29. The monoisotopic (exact) mass is 403 g/mol. The van der Waals surface area contributed by atoms with Crippen molar-refractivity contribution in [3.8, 4) is 11.5 Å². The topological polar surface area (TPSA) is 90.9 Å². The standard InChI is InChI=1S/C22H29NO6/c1-15-5-2-3-6-17(15)23-21(25)14-29-22(26)10-8-18(24)16-7-9-19-20(13-16)28-12-4-11-27-19/h7,9,13,15,17H,2-6,8,10-12,14H2,1H3,(H,23,25)/t15-,17-/m0/s1. The van der Waals surface area contributed by atoms with Gasteiger partial charge in [-0.2, -0.15) is 0 Å². The van der Waals surface area contributed by atoms with Gasteiger partial charge in [0.1, 0.15) is 0 Å². The normalized spacial score (nSPS) is 21.0. The molecule has 1 aliphatic carbocycles. The van der Waals surface area contributed by atoms with Crippen molar-refractivity contribution in [3.63, 3.8) is 0 Å². The number of esters is 1. The first-order chi connectivity index (χ1) is 14.0. The van der Waals surface area contributed by atoms with E-state index in [-0.39, 0.29) is 37.2 Å².